The average molecular weight is 290 g/mol. The summed E-state index contributed by atoms with van der Waals surface area (Å²) in [5, 5.41) is 3.59. The van der Waals surface area contributed by atoms with Crippen LogP contribution in [-0.2, 0) is 11.3 Å². The Kier molecular flexibility index (Phi) is 6.52. The van der Waals surface area contributed by atoms with Gasteiger partial charge in [-0.15, -0.1) is 0 Å². The first-order valence-electron chi connectivity index (χ1n) is 8.44. The van der Waals surface area contributed by atoms with Crippen LogP contribution in [0, 0.1) is 5.92 Å². The van der Waals surface area contributed by atoms with E-state index in [0.717, 1.165) is 39.2 Å². The van der Waals surface area contributed by atoms with Crippen molar-refractivity contribution in [2.75, 3.05) is 31.1 Å². The average Bonchev–Trinajstić information content (AvgIpc) is 2.97. The van der Waals surface area contributed by atoms with Crippen LogP contribution in [0.4, 0.5) is 5.69 Å². The van der Waals surface area contributed by atoms with Crippen LogP contribution in [-0.4, -0.2) is 32.3 Å². The number of nitrogens with zero attached hydrogens (tertiary/aromatic N) is 1. The Morgan fingerprint density at radius 1 is 1.14 bits per heavy atom. The fourth-order valence-electron chi connectivity index (χ4n) is 3.19. The molecular formula is C18H30N2O. The highest BCUT2D eigenvalue weighted by Gasteiger charge is 2.25. The van der Waals surface area contributed by atoms with Crippen molar-refractivity contribution in [2.45, 2.75) is 46.3 Å². The van der Waals surface area contributed by atoms with Gasteiger partial charge in [0.25, 0.3) is 0 Å². The normalized spacial score (nSPS) is 21.7. The van der Waals surface area contributed by atoms with Crippen molar-refractivity contribution in [3.05, 3.63) is 29.8 Å². The number of ether oxygens (including phenoxy) is 1. The molecule has 1 N–H and O–H groups in total. The van der Waals surface area contributed by atoms with Gasteiger partial charge in [0.05, 0.1) is 6.10 Å². The van der Waals surface area contributed by atoms with E-state index in [0.29, 0.717) is 12.0 Å². The highest BCUT2D eigenvalue weighted by Crippen LogP contribution is 2.22. The van der Waals surface area contributed by atoms with Gasteiger partial charge in [0.2, 0.25) is 0 Å². The molecule has 0 amide bonds. The molecule has 1 heterocycles. The van der Waals surface area contributed by atoms with Gasteiger partial charge in [-0.3, -0.25) is 0 Å². The fourth-order valence-corrected chi connectivity index (χ4v) is 3.19. The Hall–Kier alpha value is -1.06. The lowest BCUT2D eigenvalue weighted by Gasteiger charge is -2.21. The minimum absolute atomic E-state index is 0.461. The first-order valence-corrected chi connectivity index (χ1v) is 8.44. The van der Waals surface area contributed by atoms with E-state index in [-0.39, 0.29) is 0 Å². The Labute approximate surface area is 129 Å². The third-order valence-electron chi connectivity index (χ3n) is 4.55. The van der Waals surface area contributed by atoms with Crippen molar-refractivity contribution >= 4 is 5.69 Å². The molecule has 0 aromatic heterocycles. The highest BCUT2D eigenvalue weighted by molar-refractivity contribution is 5.47. The predicted molar refractivity (Wildman–Crippen MR) is 89.8 cm³/mol. The number of anilines is 1. The number of nitrogens with one attached hydrogen (secondary N) is 1. The van der Waals surface area contributed by atoms with Crippen LogP contribution in [0.25, 0.3) is 0 Å². The molecule has 0 radical (unpaired) electrons. The minimum Gasteiger partial charge on any atom is -0.378 e. The van der Waals surface area contributed by atoms with Crippen LogP contribution in [0.1, 0.15) is 39.2 Å². The molecule has 0 aliphatic carbocycles. The molecule has 2 atom stereocenters. The fraction of sp³-hybridized carbons (Fsp3) is 0.667. The van der Waals surface area contributed by atoms with E-state index in [2.05, 4.69) is 55.3 Å². The molecule has 118 valence electrons. The minimum atomic E-state index is 0.461. The maximum absolute atomic E-state index is 5.74. The molecule has 0 spiro atoms. The van der Waals surface area contributed by atoms with E-state index in [9.17, 15) is 0 Å². The second-order valence-electron chi connectivity index (χ2n) is 5.84. The van der Waals surface area contributed by atoms with Crippen molar-refractivity contribution in [1.82, 2.24) is 5.32 Å². The predicted octanol–water partition coefficient (Wildman–Crippen LogP) is 3.44. The van der Waals surface area contributed by atoms with Gasteiger partial charge in [-0.2, -0.15) is 0 Å². The summed E-state index contributed by atoms with van der Waals surface area (Å²) in [5.74, 6) is 0.685. The van der Waals surface area contributed by atoms with E-state index >= 15 is 0 Å². The van der Waals surface area contributed by atoms with Crippen molar-refractivity contribution in [3.8, 4) is 0 Å². The number of hydrogen-bond donors (Lipinski definition) is 1. The molecule has 1 fully saturated rings. The monoisotopic (exact) mass is 290 g/mol. The van der Waals surface area contributed by atoms with Crippen molar-refractivity contribution in [2.24, 2.45) is 5.92 Å². The van der Waals surface area contributed by atoms with Gasteiger partial charge in [-0.1, -0.05) is 19.1 Å². The summed E-state index contributed by atoms with van der Waals surface area (Å²) in [4.78, 5) is 2.37. The molecule has 1 aliphatic heterocycles. The summed E-state index contributed by atoms with van der Waals surface area (Å²) >= 11 is 0. The van der Waals surface area contributed by atoms with Crippen LogP contribution >= 0.6 is 0 Å². The zero-order chi connectivity index (χ0) is 15.1. The zero-order valence-corrected chi connectivity index (χ0v) is 13.8. The summed E-state index contributed by atoms with van der Waals surface area (Å²) in [7, 11) is 0. The van der Waals surface area contributed by atoms with Gasteiger partial charge in [0, 0.05) is 38.5 Å². The molecule has 0 saturated carbocycles. The second kappa shape index (κ2) is 8.40. The maximum Gasteiger partial charge on any atom is 0.0613 e. The molecule has 1 aromatic rings. The molecule has 0 bridgehead atoms. The van der Waals surface area contributed by atoms with Gasteiger partial charge >= 0.3 is 0 Å². The summed E-state index contributed by atoms with van der Waals surface area (Å²) in [6.07, 6.45) is 2.79. The van der Waals surface area contributed by atoms with Crippen molar-refractivity contribution in [1.29, 1.82) is 0 Å². The van der Waals surface area contributed by atoms with Crippen molar-refractivity contribution in [3.63, 3.8) is 0 Å². The Bertz CT molecular complexity index is 400. The van der Waals surface area contributed by atoms with E-state index in [1.807, 2.05) is 0 Å². The van der Waals surface area contributed by atoms with Crippen LogP contribution in [0.2, 0.25) is 0 Å². The summed E-state index contributed by atoms with van der Waals surface area (Å²) < 4.78 is 5.74. The molecule has 1 aromatic carbocycles. The van der Waals surface area contributed by atoms with Crippen LogP contribution in [0.5, 0.6) is 0 Å². The van der Waals surface area contributed by atoms with E-state index < -0.39 is 0 Å². The third kappa shape index (κ3) is 4.45. The SMILES string of the molecule is CCC1OCCC1CNCc1ccc(N(CC)CC)cc1. The van der Waals surface area contributed by atoms with Gasteiger partial charge in [0.15, 0.2) is 0 Å². The van der Waals surface area contributed by atoms with Gasteiger partial charge < -0.3 is 15.0 Å². The third-order valence-corrected chi connectivity index (χ3v) is 4.55. The Morgan fingerprint density at radius 3 is 2.48 bits per heavy atom. The quantitative estimate of drug-likeness (QED) is 0.794. The first-order chi connectivity index (χ1) is 10.3. The van der Waals surface area contributed by atoms with Gasteiger partial charge in [-0.05, 0) is 50.3 Å². The molecule has 1 saturated heterocycles. The maximum atomic E-state index is 5.74. The zero-order valence-electron chi connectivity index (χ0n) is 13.8. The lowest BCUT2D eigenvalue weighted by atomic mass is 9.99. The molecule has 2 unspecified atom stereocenters. The van der Waals surface area contributed by atoms with E-state index in [4.69, 9.17) is 4.74 Å². The second-order valence-corrected chi connectivity index (χ2v) is 5.84. The van der Waals surface area contributed by atoms with Crippen LogP contribution < -0.4 is 10.2 Å². The molecule has 3 nitrogen and oxygen atoms in total. The lowest BCUT2D eigenvalue weighted by molar-refractivity contribution is 0.0872. The standard InChI is InChI=1S/C18H30N2O/c1-4-18-16(11-12-21-18)14-19-13-15-7-9-17(10-8-15)20(5-2)6-3/h7-10,16,18-19H,4-6,11-14H2,1-3H3. The number of benzene rings is 1. The Morgan fingerprint density at radius 2 is 1.86 bits per heavy atom. The Balaban J connectivity index is 1.78. The van der Waals surface area contributed by atoms with Gasteiger partial charge in [0.1, 0.15) is 0 Å². The summed E-state index contributed by atoms with van der Waals surface area (Å²) in [6, 6.07) is 8.95. The molecule has 21 heavy (non-hydrogen) atoms. The van der Waals surface area contributed by atoms with Crippen LogP contribution in [0.15, 0.2) is 24.3 Å². The smallest absolute Gasteiger partial charge is 0.0613 e. The molecule has 3 heteroatoms. The van der Waals surface area contributed by atoms with E-state index in [1.54, 1.807) is 0 Å². The number of rotatable bonds is 8. The summed E-state index contributed by atoms with van der Waals surface area (Å²) in [5.41, 5.74) is 2.68. The molecule has 1 aliphatic rings. The van der Waals surface area contributed by atoms with Gasteiger partial charge in [-0.25, -0.2) is 0 Å². The topological polar surface area (TPSA) is 24.5 Å². The van der Waals surface area contributed by atoms with Crippen molar-refractivity contribution < 1.29 is 4.74 Å². The van der Waals surface area contributed by atoms with E-state index in [1.165, 1.54) is 17.7 Å². The highest BCUT2D eigenvalue weighted by atomic mass is 16.5. The largest absolute Gasteiger partial charge is 0.378 e. The lowest BCUT2D eigenvalue weighted by Crippen LogP contribution is -2.28. The first kappa shape index (κ1) is 16.3. The van der Waals surface area contributed by atoms with Crippen LogP contribution in [0.3, 0.4) is 0 Å². The molecular weight excluding hydrogens is 260 g/mol. The molecule has 2 rings (SSSR count). The number of hydrogen-bond acceptors (Lipinski definition) is 3. The summed E-state index contributed by atoms with van der Waals surface area (Å²) in [6.45, 7) is 11.7.